The number of hydrogen-bond acceptors (Lipinski definition) is 0. The van der Waals surface area contributed by atoms with E-state index in [0.717, 1.165) is 6.54 Å². The lowest BCUT2D eigenvalue weighted by Crippen LogP contribution is -2.37. The molecule has 0 aliphatic carbocycles. The van der Waals surface area contributed by atoms with Crippen LogP contribution in [0.3, 0.4) is 0 Å². The molecule has 2 heteroatoms. The van der Waals surface area contributed by atoms with E-state index in [9.17, 15) is 0 Å². The normalized spacial score (nSPS) is 11.5. The summed E-state index contributed by atoms with van der Waals surface area (Å²) in [6, 6.07) is 0. The van der Waals surface area contributed by atoms with Gasteiger partial charge in [-0.25, -0.2) is 9.13 Å². The van der Waals surface area contributed by atoms with Crippen LogP contribution in [-0.4, -0.2) is 4.57 Å². The Kier molecular flexibility index (Phi) is 19.2. The summed E-state index contributed by atoms with van der Waals surface area (Å²) in [5, 5.41) is 0. The fraction of sp³-hybridized carbons (Fsp3) is 0.897. The van der Waals surface area contributed by atoms with Gasteiger partial charge in [-0.1, -0.05) is 123 Å². The number of hydrogen-bond donors (Lipinski definition) is 0. The van der Waals surface area contributed by atoms with Gasteiger partial charge in [0.25, 0.3) is 5.82 Å². The summed E-state index contributed by atoms with van der Waals surface area (Å²) in [6.07, 6.45) is 34.4. The highest BCUT2D eigenvalue weighted by Crippen LogP contribution is 2.14. The van der Waals surface area contributed by atoms with Crippen LogP contribution in [0.25, 0.3) is 0 Å². The van der Waals surface area contributed by atoms with Crippen LogP contribution in [0.2, 0.25) is 0 Å². The Morgan fingerprint density at radius 1 is 0.548 bits per heavy atom. The van der Waals surface area contributed by atoms with Gasteiger partial charge in [0.15, 0.2) is 0 Å². The smallest absolute Gasteiger partial charge is 0.235 e. The standard InChI is InChI=1S/C29H57N2/c1-4-7-9-11-12-13-14-15-16-17-18-19-20-21-22-24-26-31-28-27-30(6-3)29(31)25-23-10-8-5-2/h27-28H,4-26H2,1-3H3/q+1. The average molecular weight is 434 g/mol. The molecule has 0 amide bonds. The molecule has 0 saturated heterocycles. The van der Waals surface area contributed by atoms with E-state index in [4.69, 9.17) is 0 Å². The fourth-order valence-corrected chi connectivity index (χ4v) is 4.82. The number of rotatable bonds is 23. The summed E-state index contributed by atoms with van der Waals surface area (Å²) < 4.78 is 5.00. The molecule has 182 valence electrons. The van der Waals surface area contributed by atoms with Gasteiger partial charge in [0, 0.05) is 6.42 Å². The van der Waals surface area contributed by atoms with Crippen LogP contribution in [0.15, 0.2) is 12.4 Å². The number of aryl methyl sites for hydroxylation is 2. The Bertz CT molecular complexity index is 491. The molecule has 0 unspecified atom stereocenters. The molecule has 0 aromatic carbocycles. The van der Waals surface area contributed by atoms with Crippen molar-refractivity contribution in [3.63, 3.8) is 0 Å². The molecule has 0 aliphatic heterocycles. The lowest BCUT2D eigenvalue weighted by Gasteiger charge is -2.05. The van der Waals surface area contributed by atoms with Crippen molar-refractivity contribution >= 4 is 0 Å². The minimum atomic E-state index is 1.11. The molecular weight excluding hydrogens is 376 g/mol. The van der Waals surface area contributed by atoms with Crippen molar-refractivity contribution < 1.29 is 4.57 Å². The quantitative estimate of drug-likeness (QED) is 0.120. The van der Waals surface area contributed by atoms with Crippen LogP contribution in [0.5, 0.6) is 0 Å². The van der Waals surface area contributed by atoms with Gasteiger partial charge in [-0.15, -0.1) is 0 Å². The van der Waals surface area contributed by atoms with Gasteiger partial charge in [-0.05, 0) is 26.2 Å². The number of unbranched alkanes of at least 4 members (excludes halogenated alkanes) is 18. The SMILES string of the molecule is CCCCCCCCCCCCCCCCCC[n+]1ccn(CC)c1CCCCCC. The fourth-order valence-electron chi connectivity index (χ4n) is 4.82. The molecule has 0 bridgehead atoms. The van der Waals surface area contributed by atoms with Crippen molar-refractivity contribution in [2.75, 3.05) is 0 Å². The maximum Gasteiger partial charge on any atom is 0.256 e. The van der Waals surface area contributed by atoms with Crippen molar-refractivity contribution in [3.05, 3.63) is 18.2 Å². The predicted octanol–water partition coefficient (Wildman–Crippen LogP) is 9.18. The minimum absolute atomic E-state index is 1.11. The molecule has 0 spiro atoms. The largest absolute Gasteiger partial charge is 0.256 e. The highest BCUT2D eigenvalue weighted by atomic mass is 15.1. The van der Waals surface area contributed by atoms with Crippen LogP contribution in [0, 0.1) is 0 Å². The Labute approximate surface area is 196 Å². The van der Waals surface area contributed by atoms with E-state index in [1.165, 1.54) is 141 Å². The third-order valence-corrected chi connectivity index (χ3v) is 6.94. The van der Waals surface area contributed by atoms with Gasteiger partial charge in [-0.2, -0.15) is 0 Å². The zero-order chi connectivity index (χ0) is 22.4. The van der Waals surface area contributed by atoms with Gasteiger partial charge in [-0.3, -0.25) is 0 Å². The van der Waals surface area contributed by atoms with E-state index >= 15 is 0 Å². The summed E-state index contributed by atoms with van der Waals surface area (Å²) in [6.45, 7) is 9.20. The number of nitrogens with zero attached hydrogens (tertiary/aromatic N) is 2. The lowest BCUT2D eigenvalue weighted by molar-refractivity contribution is -0.704. The zero-order valence-corrected chi connectivity index (χ0v) is 21.8. The summed E-state index contributed by atoms with van der Waals surface area (Å²) in [4.78, 5) is 0. The first kappa shape index (κ1) is 28.2. The molecule has 1 aromatic rings. The van der Waals surface area contributed by atoms with Gasteiger partial charge >= 0.3 is 0 Å². The second-order valence-electron chi connectivity index (χ2n) is 9.81. The minimum Gasteiger partial charge on any atom is -0.235 e. The molecule has 1 rings (SSSR count). The third kappa shape index (κ3) is 14.8. The van der Waals surface area contributed by atoms with Gasteiger partial charge in [0.05, 0.1) is 13.1 Å². The molecule has 31 heavy (non-hydrogen) atoms. The molecule has 2 nitrogen and oxygen atoms in total. The molecule has 1 aromatic heterocycles. The van der Waals surface area contributed by atoms with Crippen molar-refractivity contribution in [2.45, 2.75) is 169 Å². The second-order valence-corrected chi connectivity index (χ2v) is 9.81. The molecule has 1 heterocycles. The Balaban J connectivity index is 1.95. The molecule has 0 atom stereocenters. The first-order valence-electron chi connectivity index (χ1n) is 14.4. The van der Waals surface area contributed by atoms with E-state index in [2.05, 4.69) is 42.3 Å². The second kappa shape index (κ2) is 21.1. The Morgan fingerprint density at radius 3 is 1.42 bits per heavy atom. The predicted molar refractivity (Wildman–Crippen MR) is 138 cm³/mol. The van der Waals surface area contributed by atoms with Crippen molar-refractivity contribution in [2.24, 2.45) is 0 Å². The molecule has 0 aliphatic rings. The maximum absolute atomic E-state index is 2.54. The third-order valence-electron chi connectivity index (χ3n) is 6.94. The molecule has 0 saturated carbocycles. The molecular formula is C29H57N2+. The summed E-state index contributed by atoms with van der Waals surface area (Å²) >= 11 is 0. The maximum atomic E-state index is 2.54. The van der Waals surface area contributed by atoms with E-state index in [-0.39, 0.29) is 0 Å². The average Bonchev–Trinajstić information content (AvgIpc) is 3.18. The van der Waals surface area contributed by atoms with Crippen molar-refractivity contribution in [1.82, 2.24) is 4.57 Å². The summed E-state index contributed by atoms with van der Waals surface area (Å²) in [5.74, 6) is 1.56. The van der Waals surface area contributed by atoms with Gasteiger partial charge in [0.1, 0.15) is 12.4 Å². The number of imidazole rings is 1. The number of aromatic nitrogens is 2. The monoisotopic (exact) mass is 433 g/mol. The van der Waals surface area contributed by atoms with E-state index < -0.39 is 0 Å². The van der Waals surface area contributed by atoms with Crippen LogP contribution < -0.4 is 4.57 Å². The first-order valence-corrected chi connectivity index (χ1v) is 14.4. The summed E-state index contributed by atoms with van der Waals surface area (Å²) in [7, 11) is 0. The van der Waals surface area contributed by atoms with Gasteiger partial charge < -0.3 is 0 Å². The molecule has 0 N–H and O–H groups in total. The Hall–Kier alpha value is -0.790. The molecule has 0 radical (unpaired) electrons. The van der Waals surface area contributed by atoms with Crippen LogP contribution in [0.4, 0.5) is 0 Å². The Morgan fingerprint density at radius 2 is 0.968 bits per heavy atom. The zero-order valence-electron chi connectivity index (χ0n) is 21.8. The van der Waals surface area contributed by atoms with E-state index in [0.29, 0.717) is 0 Å². The highest BCUT2D eigenvalue weighted by molar-refractivity contribution is 4.83. The lowest BCUT2D eigenvalue weighted by atomic mass is 10.0. The van der Waals surface area contributed by atoms with E-state index in [1.807, 2.05) is 0 Å². The van der Waals surface area contributed by atoms with Crippen LogP contribution >= 0.6 is 0 Å². The molecule has 0 fully saturated rings. The highest BCUT2D eigenvalue weighted by Gasteiger charge is 2.15. The summed E-state index contributed by atoms with van der Waals surface area (Å²) in [5.41, 5.74) is 0. The van der Waals surface area contributed by atoms with Gasteiger partial charge in [0.2, 0.25) is 0 Å². The van der Waals surface area contributed by atoms with Crippen LogP contribution in [0.1, 0.15) is 155 Å². The van der Waals surface area contributed by atoms with Crippen molar-refractivity contribution in [1.29, 1.82) is 0 Å². The van der Waals surface area contributed by atoms with E-state index in [1.54, 1.807) is 5.82 Å². The topological polar surface area (TPSA) is 8.81 Å². The first-order chi connectivity index (χ1) is 15.3. The van der Waals surface area contributed by atoms with Crippen LogP contribution in [-0.2, 0) is 19.5 Å². The van der Waals surface area contributed by atoms with Crippen molar-refractivity contribution in [3.8, 4) is 0 Å².